The molecule has 2 aliphatic rings. The van der Waals surface area contributed by atoms with Gasteiger partial charge < -0.3 is 20.9 Å². The Hall–Kier alpha value is -4.07. The Labute approximate surface area is 210 Å². The van der Waals surface area contributed by atoms with Gasteiger partial charge in [0.15, 0.2) is 0 Å². The molecule has 0 spiro atoms. The molecular formula is C28H31N7O. The van der Waals surface area contributed by atoms with Crippen molar-refractivity contribution in [2.75, 3.05) is 43.1 Å². The highest BCUT2D eigenvalue weighted by molar-refractivity contribution is 5.94. The fourth-order valence-corrected chi connectivity index (χ4v) is 5.53. The molecule has 1 saturated heterocycles. The summed E-state index contributed by atoms with van der Waals surface area (Å²) in [6.45, 7) is 1.41. The van der Waals surface area contributed by atoms with Gasteiger partial charge in [-0.25, -0.2) is 9.97 Å². The number of fused-ring (bicyclic) bond motifs is 2. The van der Waals surface area contributed by atoms with Crippen molar-refractivity contribution in [2.45, 2.75) is 31.2 Å². The number of piperidine rings is 1. The minimum atomic E-state index is 0.0597. The molecule has 0 radical (unpaired) electrons. The molecular weight excluding hydrogens is 450 g/mol. The smallest absolute Gasteiger partial charge is 0.253 e. The van der Waals surface area contributed by atoms with Gasteiger partial charge in [0, 0.05) is 68.9 Å². The summed E-state index contributed by atoms with van der Waals surface area (Å²) in [5.41, 5.74) is 12.5. The minimum absolute atomic E-state index is 0.0597. The van der Waals surface area contributed by atoms with E-state index in [1.165, 1.54) is 5.56 Å². The van der Waals surface area contributed by atoms with Gasteiger partial charge in [-0.15, -0.1) is 0 Å². The summed E-state index contributed by atoms with van der Waals surface area (Å²) in [6.07, 6.45) is 6.30. The number of para-hydroxylation sites is 1. The number of imidazole rings is 1. The number of nitrogens with two attached hydrogens (primary N) is 1. The number of carbonyl (C=O) groups excluding carboxylic acids is 1. The molecule has 0 bridgehead atoms. The van der Waals surface area contributed by atoms with Crippen LogP contribution in [0, 0.1) is 0 Å². The van der Waals surface area contributed by atoms with Gasteiger partial charge in [0.25, 0.3) is 5.91 Å². The van der Waals surface area contributed by atoms with E-state index < -0.39 is 0 Å². The Kier molecular flexibility index (Phi) is 5.51. The number of nitrogens with one attached hydrogen (secondary N) is 1. The maximum Gasteiger partial charge on any atom is 0.253 e. The Morgan fingerprint density at radius 1 is 1.08 bits per heavy atom. The van der Waals surface area contributed by atoms with Crippen LogP contribution in [0.5, 0.6) is 0 Å². The number of rotatable bonds is 4. The first-order valence-electron chi connectivity index (χ1n) is 12.5. The third-order valence-electron chi connectivity index (χ3n) is 7.52. The highest BCUT2D eigenvalue weighted by Crippen LogP contribution is 2.38. The summed E-state index contributed by atoms with van der Waals surface area (Å²) in [5, 5.41) is 3.62. The summed E-state index contributed by atoms with van der Waals surface area (Å²) in [4.78, 5) is 26.7. The number of carbonyl (C=O) groups is 1. The second kappa shape index (κ2) is 8.86. The summed E-state index contributed by atoms with van der Waals surface area (Å²) < 4.78 is 2.12. The number of benzene rings is 2. The van der Waals surface area contributed by atoms with E-state index in [0.29, 0.717) is 18.9 Å². The number of hydrogen-bond donors (Lipinski definition) is 2. The Morgan fingerprint density at radius 3 is 2.56 bits per heavy atom. The van der Waals surface area contributed by atoms with Gasteiger partial charge in [0.05, 0.1) is 11.7 Å². The van der Waals surface area contributed by atoms with Crippen LogP contribution >= 0.6 is 0 Å². The zero-order valence-electron chi connectivity index (χ0n) is 20.7. The Bertz CT molecular complexity index is 1390. The first kappa shape index (κ1) is 22.4. The lowest BCUT2D eigenvalue weighted by Crippen LogP contribution is -2.38. The van der Waals surface area contributed by atoms with Crippen LogP contribution in [0.4, 0.5) is 17.2 Å². The summed E-state index contributed by atoms with van der Waals surface area (Å²) in [7, 11) is 4.00. The van der Waals surface area contributed by atoms with Crippen LogP contribution < -0.4 is 16.0 Å². The molecule has 6 rings (SSSR count). The lowest BCUT2D eigenvalue weighted by atomic mass is 9.95. The predicted molar refractivity (Wildman–Crippen MR) is 143 cm³/mol. The largest absolute Gasteiger partial charge is 0.382 e. The molecule has 184 valence electrons. The number of amides is 1. The van der Waals surface area contributed by atoms with E-state index in [2.05, 4.69) is 32.9 Å². The fourth-order valence-electron chi connectivity index (χ4n) is 5.53. The van der Waals surface area contributed by atoms with Crippen molar-refractivity contribution in [2.24, 2.45) is 0 Å². The molecule has 0 aliphatic carbocycles. The fraction of sp³-hybridized carbons (Fsp3) is 0.321. The van der Waals surface area contributed by atoms with Crippen LogP contribution in [0.3, 0.4) is 0 Å². The molecule has 1 amide bonds. The second-order valence-electron chi connectivity index (χ2n) is 9.95. The number of aromatic nitrogens is 3. The number of nitrogen functional groups attached to an aromatic ring is 1. The second-order valence-corrected chi connectivity index (χ2v) is 9.95. The normalized spacial score (nSPS) is 17.7. The van der Waals surface area contributed by atoms with Crippen molar-refractivity contribution in [3.63, 3.8) is 0 Å². The Balaban J connectivity index is 1.23. The maximum absolute atomic E-state index is 13.1. The van der Waals surface area contributed by atoms with Gasteiger partial charge in [-0.1, -0.05) is 18.2 Å². The predicted octanol–water partition coefficient (Wildman–Crippen LogP) is 4.11. The molecule has 2 aliphatic heterocycles. The van der Waals surface area contributed by atoms with E-state index in [1.54, 1.807) is 6.20 Å². The number of likely N-dealkylation sites (tertiary alicyclic amines) is 1. The molecule has 8 nitrogen and oxygen atoms in total. The minimum Gasteiger partial charge on any atom is -0.382 e. The van der Waals surface area contributed by atoms with E-state index in [9.17, 15) is 4.79 Å². The SMILES string of the molecule is CN(C)c1ccc(C(=O)N2CCC(c3nc(C4Cc5ccccc5N4)c4c(N)nccn34)CC2)cc1. The molecule has 8 heteroatoms. The van der Waals surface area contributed by atoms with E-state index in [-0.39, 0.29) is 17.9 Å². The summed E-state index contributed by atoms with van der Waals surface area (Å²) in [5.74, 6) is 1.85. The van der Waals surface area contributed by atoms with Gasteiger partial charge >= 0.3 is 0 Å². The van der Waals surface area contributed by atoms with Gasteiger partial charge in [0.2, 0.25) is 0 Å². The topological polar surface area (TPSA) is 91.8 Å². The number of nitrogens with zero attached hydrogens (tertiary/aromatic N) is 5. The highest BCUT2D eigenvalue weighted by Gasteiger charge is 2.32. The molecule has 3 N–H and O–H groups in total. The van der Waals surface area contributed by atoms with E-state index in [4.69, 9.17) is 10.7 Å². The molecule has 2 aromatic carbocycles. The van der Waals surface area contributed by atoms with E-state index >= 15 is 0 Å². The van der Waals surface area contributed by atoms with Crippen molar-refractivity contribution in [1.29, 1.82) is 0 Å². The Morgan fingerprint density at radius 2 is 1.83 bits per heavy atom. The number of hydrogen-bond acceptors (Lipinski definition) is 6. The van der Waals surface area contributed by atoms with Crippen LogP contribution in [-0.4, -0.2) is 52.4 Å². The zero-order chi connectivity index (χ0) is 24.8. The van der Waals surface area contributed by atoms with Crippen molar-refractivity contribution in [3.8, 4) is 0 Å². The molecule has 2 aromatic heterocycles. The molecule has 4 aromatic rings. The van der Waals surface area contributed by atoms with Crippen molar-refractivity contribution in [1.82, 2.24) is 19.3 Å². The summed E-state index contributed by atoms with van der Waals surface area (Å²) in [6, 6.07) is 16.3. The van der Waals surface area contributed by atoms with Crippen molar-refractivity contribution >= 4 is 28.6 Å². The first-order valence-corrected chi connectivity index (χ1v) is 12.5. The van der Waals surface area contributed by atoms with Gasteiger partial charge in [-0.3, -0.25) is 9.20 Å². The molecule has 36 heavy (non-hydrogen) atoms. The van der Waals surface area contributed by atoms with Gasteiger partial charge in [-0.2, -0.15) is 0 Å². The average molecular weight is 482 g/mol. The third kappa shape index (κ3) is 3.82. The van der Waals surface area contributed by atoms with Crippen LogP contribution in [0.15, 0.2) is 60.9 Å². The van der Waals surface area contributed by atoms with Crippen molar-refractivity contribution < 1.29 is 4.79 Å². The van der Waals surface area contributed by atoms with Crippen molar-refractivity contribution in [3.05, 3.63) is 83.6 Å². The van der Waals surface area contributed by atoms with Crippen LogP contribution in [0.1, 0.15) is 52.2 Å². The molecule has 0 saturated carbocycles. The monoisotopic (exact) mass is 481 g/mol. The first-order chi connectivity index (χ1) is 17.5. The quantitative estimate of drug-likeness (QED) is 0.456. The maximum atomic E-state index is 13.1. The highest BCUT2D eigenvalue weighted by atomic mass is 16.2. The van der Waals surface area contributed by atoms with Gasteiger partial charge in [0.1, 0.15) is 17.2 Å². The van der Waals surface area contributed by atoms with Crippen LogP contribution in [-0.2, 0) is 6.42 Å². The van der Waals surface area contributed by atoms with Crippen LogP contribution in [0.25, 0.3) is 5.52 Å². The average Bonchev–Trinajstić information content (AvgIpc) is 3.51. The molecule has 1 atom stereocenters. The van der Waals surface area contributed by atoms with E-state index in [0.717, 1.165) is 53.2 Å². The van der Waals surface area contributed by atoms with Crippen LogP contribution in [0.2, 0.25) is 0 Å². The van der Waals surface area contributed by atoms with Gasteiger partial charge in [-0.05, 0) is 48.7 Å². The lowest BCUT2D eigenvalue weighted by Gasteiger charge is -2.31. The lowest BCUT2D eigenvalue weighted by molar-refractivity contribution is 0.0711. The van der Waals surface area contributed by atoms with E-state index in [1.807, 2.05) is 60.4 Å². The number of anilines is 3. The molecule has 4 heterocycles. The summed E-state index contributed by atoms with van der Waals surface area (Å²) >= 11 is 0. The third-order valence-corrected chi connectivity index (χ3v) is 7.52. The zero-order valence-corrected chi connectivity index (χ0v) is 20.7. The molecule has 1 unspecified atom stereocenters. The molecule has 1 fully saturated rings. The standard InChI is InChI=1S/C28H31N7O/c1-33(2)21-9-7-19(8-10-21)28(36)34-14-11-18(12-15-34)27-32-24(25-26(29)30-13-16-35(25)27)23-17-20-5-3-4-6-22(20)31-23/h3-10,13,16,18,23,31H,11-12,14-15,17H2,1-2H3,(H2,29,30).